The first kappa shape index (κ1) is 13.5. The molecule has 2 rings (SSSR count). The van der Waals surface area contributed by atoms with Crippen molar-refractivity contribution < 1.29 is 14.4 Å². The van der Waals surface area contributed by atoms with Gasteiger partial charge in [0, 0.05) is 31.3 Å². The number of amides is 2. The van der Waals surface area contributed by atoms with Crippen molar-refractivity contribution in [3.8, 4) is 0 Å². The van der Waals surface area contributed by atoms with Gasteiger partial charge in [-0.05, 0) is 35.9 Å². The van der Waals surface area contributed by atoms with Crippen LogP contribution in [0.4, 0.5) is 11.4 Å². The predicted octanol–water partition coefficient (Wildman–Crippen LogP) is 1.76. The SMILES string of the molecule is CC(=O)Nc1ccc(N2CC(C(=O)Cl)CC2=O)cc1. The van der Waals surface area contributed by atoms with Crippen LogP contribution >= 0.6 is 11.6 Å². The highest BCUT2D eigenvalue weighted by molar-refractivity contribution is 6.64. The van der Waals surface area contributed by atoms with E-state index in [0.717, 1.165) is 0 Å². The Bertz CT molecular complexity index is 527. The van der Waals surface area contributed by atoms with E-state index in [1.165, 1.54) is 11.8 Å². The molecule has 1 aliphatic heterocycles. The summed E-state index contributed by atoms with van der Waals surface area (Å²) in [6, 6.07) is 6.87. The van der Waals surface area contributed by atoms with E-state index in [-0.39, 0.29) is 18.2 Å². The van der Waals surface area contributed by atoms with E-state index in [0.29, 0.717) is 17.9 Å². The Balaban J connectivity index is 2.12. The number of hydrogen-bond donors (Lipinski definition) is 1. The van der Waals surface area contributed by atoms with Gasteiger partial charge < -0.3 is 10.2 Å². The molecule has 0 bridgehead atoms. The Morgan fingerprint density at radius 3 is 2.42 bits per heavy atom. The van der Waals surface area contributed by atoms with Gasteiger partial charge >= 0.3 is 0 Å². The van der Waals surface area contributed by atoms with Crippen LogP contribution in [0.25, 0.3) is 0 Å². The van der Waals surface area contributed by atoms with Crippen molar-refractivity contribution in [2.75, 3.05) is 16.8 Å². The molecule has 5 nitrogen and oxygen atoms in total. The van der Waals surface area contributed by atoms with E-state index in [2.05, 4.69) is 5.32 Å². The number of carbonyl (C=O) groups excluding carboxylic acids is 3. The van der Waals surface area contributed by atoms with Crippen LogP contribution in [0.2, 0.25) is 0 Å². The molecule has 0 aromatic heterocycles. The number of anilines is 2. The Labute approximate surface area is 115 Å². The lowest BCUT2D eigenvalue weighted by Crippen LogP contribution is -2.25. The largest absolute Gasteiger partial charge is 0.326 e. The molecule has 0 spiro atoms. The lowest BCUT2D eigenvalue weighted by atomic mass is 10.1. The maximum absolute atomic E-state index is 11.8. The number of nitrogens with zero attached hydrogens (tertiary/aromatic N) is 1. The fourth-order valence-electron chi connectivity index (χ4n) is 2.04. The van der Waals surface area contributed by atoms with E-state index in [1.807, 2.05) is 0 Å². The maximum atomic E-state index is 11.8. The normalized spacial score (nSPS) is 18.5. The second-order valence-electron chi connectivity index (χ2n) is 4.44. The van der Waals surface area contributed by atoms with Crippen LogP contribution in [0.3, 0.4) is 0 Å². The number of hydrogen-bond acceptors (Lipinski definition) is 3. The predicted molar refractivity (Wildman–Crippen MR) is 72.1 cm³/mol. The standard InChI is InChI=1S/C13H13ClN2O3/c1-8(17)15-10-2-4-11(5-3-10)16-7-9(13(14)19)6-12(16)18/h2-5,9H,6-7H2,1H3,(H,15,17). The van der Waals surface area contributed by atoms with Crippen molar-refractivity contribution in [2.45, 2.75) is 13.3 Å². The zero-order valence-electron chi connectivity index (χ0n) is 10.4. The average Bonchev–Trinajstić information content (AvgIpc) is 2.72. The summed E-state index contributed by atoms with van der Waals surface area (Å²) in [7, 11) is 0. The van der Waals surface area contributed by atoms with E-state index in [4.69, 9.17) is 11.6 Å². The van der Waals surface area contributed by atoms with E-state index in [1.54, 1.807) is 24.3 Å². The van der Waals surface area contributed by atoms with Gasteiger partial charge in [-0.1, -0.05) is 0 Å². The van der Waals surface area contributed by atoms with Crippen LogP contribution < -0.4 is 10.2 Å². The number of benzene rings is 1. The highest BCUT2D eigenvalue weighted by Gasteiger charge is 2.34. The first-order valence-corrected chi connectivity index (χ1v) is 6.22. The van der Waals surface area contributed by atoms with Crippen LogP contribution in [0, 0.1) is 5.92 Å². The van der Waals surface area contributed by atoms with Gasteiger partial charge in [-0.15, -0.1) is 0 Å². The summed E-state index contributed by atoms with van der Waals surface area (Å²) in [5.74, 6) is -0.715. The molecule has 0 saturated carbocycles. The molecular weight excluding hydrogens is 268 g/mol. The molecule has 1 saturated heterocycles. The van der Waals surface area contributed by atoms with Gasteiger partial charge in [0.05, 0.1) is 5.92 Å². The summed E-state index contributed by atoms with van der Waals surface area (Å²) in [6.07, 6.45) is 0.149. The lowest BCUT2D eigenvalue weighted by Gasteiger charge is -2.16. The first-order chi connectivity index (χ1) is 8.97. The second-order valence-corrected chi connectivity index (χ2v) is 4.81. The molecule has 1 aliphatic rings. The molecule has 19 heavy (non-hydrogen) atoms. The third-order valence-corrected chi connectivity index (χ3v) is 3.25. The smallest absolute Gasteiger partial charge is 0.227 e. The summed E-state index contributed by atoms with van der Waals surface area (Å²) >= 11 is 5.42. The lowest BCUT2D eigenvalue weighted by molar-refractivity contribution is -0.120. The van der Waals surface area contributed by atoms with Gasteiger partial charge in [-0.3, -0.25) is 14.4 Å². The van der Waals surface area contributed by atoms with Crippen molar-refractivity contribution in [1.82, 2.24) is 0 Å². The van der Waals surface area contributed by atoms with Gasteiger partial charge in [0.2, 0.25) is 17.1 Å². The van der Waals surface area contributed by atoms with Crippen molar-refractivity contribution in [2.24, 2.45) is 5.92 Å². The average molecular weight is 281 g/mol. The van der Waals surface area contributed by atoms with Gasteiger partial charge in [0.15, 0.2) is 0 Å². The fourth-order valence-corrected chi connectivity index (χ4v) is 2.18. The number of carbonyl (C=O) groups is 3. The molecule has 1 atom stereocenters. The zero-order valence-corrected chi connectivity index (χ0v) is 11.1. The van der Waals surface area contributed by atoms with Crippen molar-refractivity contribution >= 4 is 40.0 Å². The molecule has 1 N–H and O–H groups in total. The number of nitrogens with one attached hydrogen (secondary N) is 1. The van der Waals surface area contributed by atoms with Gasteiger partial charge in [0.25, 0.3) is 0 Å². The quantitative estimate of drug-likeness (QED) is 0.858. The monoisotopic (exact) mass is 280 g/mol. The second kappa shape index (κ2) is 5.40. The Morgan fingerprint density at radius 2 is 1.95 bits per heavy atom. The summed E-state index contributed by atoms with van der Waals surface area (Å²) < 4.78 is 0. The van der Waals surface area contributed by atoms with Crippen LogP contribution in [0.15, 0.2) is 24.3 Å². The highest BCUT2D eigenvalue weighted by Crippen LogP contribution is 2.27. The summed E-state index contributed by atoms with van der Waals surface area (Å²) in [6.45, 7) is 1.73. The molecule has 100 valence electrons. The molecule has 1 unspecified atom stereocenters. The van der Waals surface area contributed by atoms with Crippen LogP contribution in [-0.4, -0.2) is 23.6 Å². The molecule has 0 aliphatic carbocycles. The third kappa shape index (κ3) is 3.12. The molecule has 1 heterocycles. The van der Waals surface area contributed by atoms with Crippen LogP contribution in [-0.2, 0) is 14.4 Å². The van der Waals surface area contributed by atoms with Crippen LogP contribution in [0.5, 0.6) is 0 Å². The molecular formula is C13H13ClN2O3. The minimum absolute atomic E-state index is 0.119. The summed E-state index contributed by atoms with van der Waals surface area (Å²) in [4.78, 5) is 35.3. The Morgan fingerprint density at radius 1 is 1.32 bits per heavy atom. The molecule has 1 fully saturated rings. The van der Waals surface area contributed by atoms with Gasteiger partial charge in [0.1, 0.15) is 0 Å². The minimum atomic E-state index is -0.481. The zero-order chi connectivity index (χ0) is 14.0. The fraction of sp³-hybridized carbons (Fsp3) is 0.308. The van der Waals surface area contributed by atoms with E-state index >= 15 is 0 Å². The Kier molecular flexibility index (Phi) is 3.85. The van der Waals surface area contributed by atoms with Gasteiger partial charge in [-0.2, -0.15) is 0 Å². The summed E-state index contributed by atoms with van der Waals surface area (Å²) in [5.41, 5.74) is 1.35. The minimum Gasteiger partial charge on any atom is -0.326 e. The molecule has 1 aromatic carbocycles. The van der Waals surface area contributed by atoms with Crippen molar-refractivity contribution in [3.63, 3.8) is 0 Å². The third-order valence-electron chi connectivity index (χ3n) is 2.95. The highest BCUT2D eigenvalue weighted by atomic mass is 35.5. The Hall–Kier alpha value is -1.88. The summed E-state index contributed by atoms with van der Waals surface area (Å²) in [5, 5.41) is 2.16. The molecule has 1 aromatic rings. The molecule has 2 amide bonds. The van der Waals surface area contributed by atoms with Crippen molar-refractivity contribution in [3.05, 3.63) is 24.3 Å². The number of halogens is 1. The van der Waals surface area contributed by atoms with Gasteiger partial charge in [-0.25, -0.2) is 0 Å². The van der Waals surface area contributed by atoms with Crippen molar-refractivity contribution in [1.29, 1.82) is 0 Å². The van der Waals surface area contributed by atoms with E-state index in [9.17, 15) is 14.4 Å². The van der Waals surface area contributed by atoms with Crippen LogP contribution in [0.1, 0.15) is 13.3 Å². The maximum Gasteiger partial charge on any atom is 0.227 e. The molecule has 6 heteroatoms. The molecule has 0 radical (unpaired) electrons. The number of rotatable bonds is 3. The topological polar surface area (TPSA) is 66.5 Å². The first-order valence-electron chi connectivity index (χ1n) is 5.84. The van der Waals surface area contributed by atoms with E-state index < -0.39 is 11.2 Å².